The van der Waals surface area contributed by atoms with Gasteiger partial charge in [0, 0.05) is 30.4 Å². The molecule has 144 valence electrons. The van der Waals surface area contributed by atoms with E-state index in [4.69, 9.17) is 4.74 Å². The lowest BCUT2D eigenvalue weighted by molar-refractivity contribution is 0.222. The van der Waals surface area contributed by atoms with Crippen LogP contribution in [-0.4, -0.2) is 24.7 Å². The summed E-state index contributed by atoms with van der Waals surface area (Å²) in [6.45, 7) is 3.02. The van der Waals surface area contributed by atoms with Crippen LogP contribution in [0.5, 0.6) is 5.75 Å². The van der Waals surface area contributed by atoms with Crippen LogP contribution in [0.4, 0.5) is 5.69 Å². The summed E-state index contributed by atoms with van der Waals surface area (Å²) >= 11 is 0. The minimum Gasteiger partial charge on any atom is -0.493 e. The largest absolute Gasteiger partial charge is 0.493 e. The lowest BCUT2D eigenvalue weighted by atomic mass is 9.92. The zero-order valence-electron chi connectivity index (χ0n) is 16.4. The van der Waals surface area contributed by atoms with Crippen LogP contribution < -0.4 is 9.64 Å². The number of ether oxygens (including phenoxy) is 1. The number of nitrogens with zero attached hydrogens (tertiary/aromatic N) is 2. The summed E-state index contributed by atoms with van der Waals surface area (Å²) in [6, 6.07) is 17.3. The van der Waals surface area contributed by atoms with E-state index in [1.807, 2.05) is 6.20 Å². The normalized spacial score (nSPS) is 17.5. The van der Waals surface area contributed by atoms with Crippen molar-refractivity contribution in [2.24, 2.45) is 5.92 Å². The van der Waals surface area contributed by atoms with Gasteiger partial charge in [-0.25, -0.2) is 0 Å². The van der Waals surface area contributed by atoms with Crippen LogP contribution in [0.2, 0.25) is 0 Å². The highest BCUT2D eigenvalue weighted by molar-refractivity contribution is 5.91. The molecular formula is C25H28N2O. The molecule has 0 amide bonds. The zero-order valence-corrected chi connectivity index (χ0v) is 16.4. The van der Waals surface area contributed by atoms with Gasteiger partial charge in [-0.15, -0.1) is 0 Å². The second kappa shape index (κ2) is 7.83. The van der Waals surface area contributed by atoms with Crippen molar-refractivity contribution in [2.75, 3.05) is 24.6 Å². The molecule has 2 aromatic carbocycles. The number of rotatable bonds is 4. The van der Waals surface area contributed by atoms with Crippen LogP contribution in [-0.2, 0) is 12.8 Å². The van der Waals surface area contributed by atoms with Gasteiger partial charge in [-0.3, -0.25) is 4.98 Å². The van der Waals surface area contributed by atoms with Crippen molar-refractivity contribution in [1.82, 2.24) is 4.98 Å². The summed E-state index contributed by atoms with van der Waals surface area (Å²) in [4.78, 5) is 7.01. The zero-order chi connectivity index (χ0) is 18.8. The number of hydrogen-bond acceptors (Lipinski definition) is 3. The van der Waals surface area contributed by atoms with Crippen LogP contribution in [0.15, 0.2) is 54.7 Å². The van der Waals surface area contributed by atoms with Gasteiger partial charge in [-0.2, -0.15) is 0 Å². The van der Waals surface area contributed by atoms with Crippen molar-refractivity contribution < 1.29 is 4.74 Å². The summed E-state index contributed by atoms with van der Waals surface area (Å²) in [5, 5.41) is 1.26. The summed E-state index contributed by atoms with van der Waals surface area (Å²) in [5.74, 6) is 1.70. The van der Waals surface area contributed by atoms with E-state index < -0.39 is 0 Å². The Kier molecular flexibility index (Phi) is 4.90. The van der Waals surface area contributed by atoms with Gasteiger partial charge >= 0.3 is 0 Å². The Balaban J connectivity index is 1.19. The van der Waals surface area contributed by atoms with Gasteiger partial charge in [-0.1, -0.05) is 24.3 Å². The third kappa shape index (κ3) is 3.58. The van der Waals surface area contributed by atoms with E-state index in [2.05, 4.69) is 58.4 Å². The molecule has 1 aromatic heterocycles. The molecule has 0 spiro atoms. The number of anilines is 1. The third-order valence-electron chi connectivity index (χ3n) is 6.39. The predicted molar refractivity (Wildman–Crippen MR) is 115 cm³/mol. The molecule has 5 rings (SSSR count). The topological polar surface area (TPSA) is 25.4 Å². The molecule has 0 atom stereocenters. The Morgan fingerprint density at radius 1 is 0.929 bits per heavy atom. The standard InChI is InChI=1S/C25H28N2O/c1-2-6-21-17-22(10-9-20(21)5-1)28-18-19-12-15-27(16-13-19)25-11-14-26-24-8-4-3-7-23(24)25/h3-4,7-11,14,17,19H,1-2,5-6,12-13,15-16,18H2. The summed E-state index contributed by atoms with van der Waals surface area (Å²) in [6.07, 6.45) is 9.39. The number of aryl methyl sites for hydroxylation is 2. The van der Waals surface area contributed by atoms with Crippen molar-refractivity contribution >= 4 is 16.6 Å². The molecule has 1 aliphatic carbocycles. The lowest BCUT2D eigenvalue weighted by Crippen LogP contribution is -2.35. The molecule has 3 heteroatoms. The maximum atomic E-state index is 6.19. The molecule has 2 aliphatic rings. The SMILES string of the molecule is c1ccc2c(N3CCC(COc4ccc5c(c4)CCCC5)CC3)ccnc2c1. The van der Waals surface area contributed by atoms with Crippen LogP contribution >= 0.6 is 0 Å². The van der Waals surface area contributed by atoms with Crippen molar-refractivity contribution in [1.29, 1.82) is 0 Å². The lowest BCUT2D eigenvalue weighted by Gasteiger charge is -2.34. The maximum absolute atomic E-state index is 6.19. The Bertz CT molecular complexity index is 954. The van der Waals surface area contributed by atoms with Crippen molar-refractivity contribution in [2.45, 2.75) is 38.5 Å². The third-order valence-corrected chi connectivity index (χ3v) is 6.39. The number of piperidine rings is 1. The van der Waals surface area contributed by atoms with E-state index >= 15 is 0 Å². The minimum atomic E-state index is 0.639. The average Bonchev–Trinajstić information content (AvgIpc) is 2.77. The second-order valence-electron chi connectivity index (χ2n) is 8.23. The smallest absolute Gasteiger partial charge is 0.119 e. The first-order valence-electron chi connectivity index (χ1n) is 10.7. The molecule has 0 bridgehead atoms. The number of fused-ring (bicyclic) bond motifs is 2. The number of benzene rings is 2. The van der Waals surface area contributed by atoms with Gasteiger partial charge in [0.25, 0.3) is 0 Å². The fraction of sp³-hybridized carbons (Fsp3) is 0.400. The van der Waals surface area contributed by atoms with E-state index in [1.54, 1.807) is 0 Å². The molecule has 1 saturated heterocycles. The number of hydrogen-bond donors (Lipinski definition) is 0. The molecule has 1 fully saturated rings. The Morgan fingerprint density at radius 2 is 1.75 bits per heavy atom. The highest BCUT2D eigenvalue weighted by Crippen LogP contribution is 2.30. The average molecular weight is 373 g/mol. The van der Waals surface area contributed by atoms with E-state index in [-0.39, 0.29) is 0 Å². The van der Waals surface area contributed by atoms with Crippen molar-refractivity contribution in [3.05, 3.63) is 65.9 Å². The second-order valence-corrected chi connectivity index (χ2v) is 8.23. The Morgan fingerprint density at radius 3 is 2.64 bits per heavy atom. The van der Waals surface area contributed by atoms with Gasteiger partial charge in [0.05, 0.1) is 12.1 Å². The molecule has 0 saturated carbocycles. The molecule has 3 nitrogen and oxygen atoms in total. The highest BCUT2D eigenvalue weighted by atomic mass is 16.5. The molecule has 0 N–H and O–H groups in total. The van der Waals surface area contributed by atoms with Gasteiger partial charge in [0.1, 0.15) is 5.75 Å². The molecular weight excluding hydrogens is 344 g/mol. The Hall–Kier alpha value is -2.55. The molecule has 0 unspecified atom stereocenters. The van der Waals surface area contributed by atoms with Gasteiger partial charge in [0.2, 0.25) is 0 Å². The van der Waals surface area contributed by atoms with Gasteiger partial charge < -0.3 is 9.64 Å². The molecule has 1 aliphatic heterocycles. The first kappa shape index (κ1) is 17.5. The monoisotopic (exact) mass is 372 g/mol. The first-order valence-corrected chi connectivity index (χ1v) is 10.7. The molecule has 2 heterocycles. The van der Waals surface area contributed by atoms with Gasteiger partial charge in [-0.05, 0) is 79.8 Å². The summed E-state index contributed by atoms with van der Waals surface area (Å²) < 4.78 is 6.19. The Labute approximate surface area is 167 Å². The minimum absolute atomic E-state index is 0.639. The van der Waals surface area contributed by atoms with E-state index in [1.165, 1.54) is 60.7 Å². The van der Waals surface area contributed by atoms with Crippen LogP contribution in [0.3, 0.4) is 0 Å². The highest BCUT2D eigenvalue weighted by Gasteiger charge is 2.21. The van der Waals surface area contributed by atoms with Crippen LogP contribution in [0.25, 0.3) is 10.9 Å². The summed E-state index contributed by atoms with van der Waals surface area (Å²) in [7, 11) is 0. The predicted octanol–water partition coefficient (Wildman–Crippen LogP) is 5.41. The molecule has 28 heavy (non-hydrogen) atoms. The quantitative estimate of drug-likeness (QED) is 0.612. The van der Waals surface area contributed by atoms with Crippen molar-refractivity contribution in [3.63, 3.8) is 0 Å². The fourth-order valence-corrected chi connectivity index (χ4v) is 4.71. The van der Waals surface area contributed by atoms with E-state index in [0.717, 1.165) is 31.0 Å². The van der Waals surface area contributed by atoms with E-state index in [0.29, 0.717) is 5.92 Å². The fourth-order valence-electron chi connectivity index (χ4n) is 4.71. The first-order chi connectivity index (χ1) is 13.9. The number of pyridine rings is 1. The van der Waals surface area contributed by atoms with Crippen LogP contribution in [0, 0.1) is 5.92 Å². The summed E-state index contributed by atoms with van der Waals surface area (Å²) in [5.41, 5.74) is 5.43. The molecule has 0 radical (unpaired) electrons. The number of aromatic nitrogens is 1. The maximum Gasteiger partial charge on any atom is 0.119 e. The van der Waals surface area contributed by atoms with Gasteiger partial charge in [0.15, 0.2) is 0 Å². The number of para-hydroxylation sites is 1. The van der Waals surface area contributed by atoms with Crippen LogP contribution in [0.1, 0.15) is 36.8 Å². The molecule has 3 aromatic rings. The van der Waals surface area contributed by atoms with Crippen molar-refractivity contribution in [3.8, 4) is 5.75 Å². The van der Waals surface area contributed by atoms with E-state index in [9.17, 15) is 0 Å².